The molecule has 1 unspecified atom stereocenters. The Labute approximate surface area is 238 Å². The molecule has 0 saturated carbocycles. The summed E-state index contributed by atoms with van der Waals surface area (Å²) in [7, 11) is 0. The van der Waals surface area contributed by atoms with E-state index >= 15 is 0 Å². The van der Waals surface area contributed by atoms with E-state index in [9.17, 15) is 9.90 Å². The molecule has 5 heterocycles. The quantitative estimate of drug-likeness (QED) is 0.309. The molecule has 1 amide bonds. The summed E-state index contributed by atoms with van der Waals surface area (Å²) < 4.78 is 7.70. The van der Waals surface area contributed by atoms with Crippen LogP contribution in [0, 0.1) is 0 Å². The lowest BCUT2D eigenvalue weighted by Crippen LogP contribution is -2.31. The highest BCUT2D eigenvalue weighted by molar-refractivity contribution is 5.89. The highest BCUT2D eigenvalue weighted by Crippen LogP contribution is 2.32. The van der Waals surface area contributed by atoms with Crippen LogP contribution in [0.25, 0.3) is 11.3 Å². The van der Waals surface area contributed by atoms with Gasteiger partial charge >= 0.3 is 11.8 Å². The molecule has 41 heavy (non-hydrogen) atoms. The number of aromatic nitrogens is 6. The number of carbonyl (C=O) groups excluding carboxylic acids is 1. The molecule has 0 radical (unpaired) electrons. The number of nitrogens with one attached hydrogen (secondary N) is 2. The van der Waals surface area contributed by atoms with Gasteiger partial charge in [0, 0.05) is 43.4 Å². The van der Waals surface area contributed by atoms with Crippen molar-refractivity contribution in [3.05, 3.63) is 65.3 Å². The molecule has 12 nitrogen and oxygen atoms in total. The summed E-state index contributed by atoms with van der Waals surface area (Å²) in [6, 6.07) is 7.81. The van der Waals surface area contributed by atoms with E-state index in [1.807, 2.05) is 49.8 Å². The second kappa shape index (κ2) is 11.0. The predicted octanol–water partition coefficient (Wildman–Crippen LogP) is 3.38. The van der Waals surface area contributed by atoms with Gasteiger partial charge in [0.05, 0.1) is 35.9 Å². The normalized spacial score (nSPS) is 17.1. The van der Waals surface area contributed by atoms with Crippen LogP contribution in [0.15, 0.2) is 41.1 Å². The van der Waals surface area contributed by atoms with Crippen molar-refractivity contribution in [1.29, 1.82) is 0 Å². The lowest BCUT2D eigenvalue weighted by atomic mass is 9.96. The highest BCUT2D eigenvalue weighted by atomic mass is 16.4. The van der Waals surface area contributed by atoms with Gasteiger partial charge in [-0.2, -0.15) is 5.10 Å². The number of hydrogen-bond donors (Lipinski definition) is 3. The maximum absolute atomic E-state index is 13.1. The molecule has 1 aromatic carbocycles. The van der Waals surface area contributed by atoms with Crippen LogP contribution in [0.4, 0.5) is 11.6 Å². The number of fused-ring (bicyclic) bond motifs is 2. The Hall–Kier alpha value is -4.16. The number of carbonyl (C=O) groups is 1. The van der Waals surface area contributed by atoms with Crippen LogP contribution in [0.2, 0.25) is 0 Å². The zero-order valence-corrected chi connectivity index (χ0v) is 23.6. The monoisotopic (exact) mass is 557 g/mol. The number of nitrogens with zero attached hydrogens (tertiary/aromatic N) is 7. The Morgan fingerprint density at radius 3 is 2.88 bits per heavy atom. The van der Waals surface area contributed by atoms with Crippen LogP contribution >= 0.6 is 0 Å². The highest BCUT2D eigenvalue weighted by Gasteiger charge is 2.28. The van der Waals surface area contributed by atoms with Gasteiger partial charge in [-0.15, -0.1) is 10.2 Å². The number of benzene rings is 1. The van der Waals surface area contributed by atoms with E-state index in [4.69, 9.17) is 9.40 Å². The van der Waals surface area contributed by atoms with Gasteiger partial charge in [-0.1, -0.05) is 32.9 Å². The molecule has 3 N–H and O–H groups in total. The van der Waals surface area contributed by atoms with Gasteiger partial charge in [0.15, 0.2) is 0 Å². The van der Waals surface area contributed by atoms with Gasteiger partial charge in [-0.3, -0.25) is 14.4 Å². The molecule has 12 heteroatoms. The summed E-state index contributed by atoms with van der Waals surface area (Å²) >= 11 is 0. The summed E-state index contributed by atoms with van der Waals surface area (Å²) in [6.07, 6.45) is 6.33. The minimum atomic E-state index is -0.401. The first-order valence-electron chi connectivity index (χ1n) is 14.0. The van der Waals surface area contributed by atoms with Crippen molar-refractivity contribution >= 4 is 17.5 Å². The first-order valence-corrected chi connectivity index (χ1v) is 14.0. The van der Waals surface area contributed by atoms with Crippen molar-refractivity contribution in [1.82, 2.24) is 40.2 Å². The van der Waals surface area contributed by atoms with Crippen LogP contribution < -0.4 is 10.6 Å². The largest absolute Gasteiger partial charge is 0.416 e. The number of hydrogen-bond acceptors (Lipinski definition) is 10. The standard InChI is InChI=1S/C29H35N9O3/c1-29(2,3)27-36-35-26(41-27)25(40)32-22-9-12-37(13-14-39)17-19-15-18(6-7-20(19)22)21-8-10-30-28(33-21)34-23-16-31-38-11-4-5-24(23)38/h6-8,10,15-16,22,39H,4-5,9,11-14,17H2,1-3H3,(H,32,40)(H,30,33,34). The molecular formula is C29H35N9O3. The van der Waals surface area contributed by atoms with E-state index in [1.165, 1.54) is 5.69 Å². The van der Waals surface area contributed by atoms with Gasteiger partial charge in [-0.05, 0) is 42.5 Å². The lowest BCUT2D eigenvalue weighted by Gasteiger charge is -2.19. The second-order valence-electron chi connectivity index (χ2n) is 11.6. The summed E-state index contributed by atoms with van der Waals surface area (Å²) in [6.45, 7) is 8.76. The van der Waals surface area contributed by atoms with Crippen LogP contribution in [0.5, 0.6) is 0 Å². The molecule has 4 aromatic rings. The fourth-order valence-electron chi connectivity index (χ4n) is 5.42. The minimum absolute atomic E-state index is 0.0466. The van der Waals surface area contributed by atoms with Crippen molar-refractivity contribution in [2.45, 2.75) is 64.6 Å². The molecule has 0 fully saturated rings. The SMILES string of the molecule is CC(C)(C)c1nnc(C(=O)NC2CCN(CCO)Cc3cc(-c4ccnc(Nc5cnn6c5CCC6)n4)ccc32)o1. The Morgan fingerprint density at radius 2 is 2.07 bits per heavy atom. The summed E-state index contributed by atoms with van der Waals surface area (Å²) in [4.78, 5) is 24.5. The third kappa shape index (κ3) is 5.70. The third-order valence-corrected chi connectivity index (χ3v) is 7.56. The first kappa shape index (κ1) is 27.0. The van der Waals surface area contributed by atoms with Crippen molar-refractivity contribution in [2.24, 2.45) is 0 Å². The zero-order chi connectivity index (χ0) is 28.6. The van der Waals surface area contributed by atoms with E-state index in [0.29, 0.717) is 37.9 Å². The van der Waals surface area contributed by atoms with Crippen LogP contribution in [0.1, 0.15) is 73.1 Å². The number of rotatable bonds is 7. The average Bonchev–Trinajstić information content (AvgIpc) is 3.68. The van der Waals surface area contributed by atoms with E-state index in [0.717, 1.165) is 47.5 Å². The number of β-amino-alcohol motifs (C(OH)–C–C–N with tert-alkyl or cyclic N) is 1. The number of aryl methyl sites for hydroxylation is 1. The van der Waals surface area contributed by atoms with Crippen LogP contribution in [-0.2, 0) is 24.9 Å². The van der Waals surface area contributed by atoms with E-state index in [-0.39, 0.29) is 24.0 Å². The number of aliphatic hydroxyl groups is 1. The zero-order valence-electron chi connectivity index (χ0n) is 23.6. The second-order valence-corrected chi connectivity index (χ2v) is 11.6. The van der Waals surface area contributed by atoms with Gasteiger partial charge < -0.3 is 20.2 Å². The Kier molecular flexibility index (Phi) is 7.26. The maximum atomic E-state index is 13.1. The van der Waals surface area contributed by atoms with E-state index in [2.05, 4.69) is 41.9 Å². The molecule has 0 spiro atoms. The molecule has 6 rings (SSSR count). The maximum Gasteiger partial charge on any atom is 0.309 e. The molecule has 0 aliphatic carbocycles. The Balaban J connectivity index is 1.26. The lowest BCUT2D eigenvalue weighted by molar-refractivity contribution is 0.0893. The minimum Gasteiger partial charge on any atom is -0.416 e. The number of amides is 1. The van der Waals surface area contributed by atoms with Gasteiger partial charge in [0.2, 0.25) is 11.8 Å². The first-order chi connectivity index (χ1) is 19.8. The molecular weight excluding hydrogens is 522 g/mol. The molecule has 1 atom stereocenters. The van der Waals surface area contributed by atoms with E-state index < -0.39 is 5.91 Å². The van der Waals surface area contributed by atoms with E-state index in [1.54, 1.807) is 6.20 Å². The molecule has 0 bridgehead atoms. The molecule has 3 aromatic heterocycles. The summed E-state index contributed by atoms with van der Waals surface area (Å²) in [5, 5.41) is 28.6. The molecule has 2 aliphatic rings. The van der Waals surface area contributed by atoms with Crippen molar-refractivity contribution in [3.63, 3.8) is 0 Å². The number of aliphatic hydroxyl groups excluding tert-OH is 1. The fraction of sp³-hybridized carbons (Fsp3) is 0.448. The average molecular weight is 558 g/mol. The number of anilines is 2. The van der Waals surface area contributed by atoms with Gasteiger partial charge in [-0.25, -0.2) is 9.97 Å². The molecule has 214 valence electrons. The van der Waals surface area contributed by atoms with Crippen LogP contribution in [0.3, 0.4) is 0 Å². The van der Waals surface area contributed by atoms with Crippen molar-refractivity contribution in [2.75, 3.05) is 25.0 Å². The van der Waals surface area contributed by atoms with Crippen LogP contribution in [-0.4, -0.2) is 65.6 Å². The third-order valence-electron chi connectivity index (χ3n) is 7.56. The Bertz CT molecular complexity index is 1560. The van der Waals surface area contributed by atoms with Crippen molar-refractivity contribution < 1.29 is 14.3 Å². The Morgan fingerprint density at radius 1 is 1.20 bits per heavy atom. The fourth-order valence-corrected chi connectivity index (χ4v) is 5.42. The topological polar surface area (TPSA) is 147 Å². The van der Waals surface area contributed by atoms with Gasteiger partial charge in [0.25, 0.3) is 0 Å². The predicted molar refractivity (Wildman–Crippen MR) is 151 cm³/mol. The van der Waals surface area contributed by atoms with Gasteiger partial charge in [0.1, 0.15) is 0 Å². The molecule has 0 saturated heterocycles. The smallest absolute Gasteiger partial charge is 0.309 e. The summed E-state index contributed by atoms with van der Waals surface area (Å²) in [5.74, 6) is 0.483. The molecule has 2 aliphatic heterocycles. The van der Waals surface area contributed by atoms with Crippen molar-refractivity contribution in [3.8, 4) is 11.3 Å². The summed E-state index contributed by atoms with van der Waals surface area (Å²) in [5.41, 5.74) is 5.57.